The van der Waals surface area contributed by atoms with Crippen LogP contribution in [-0.4, -0.2) is 45.5 Å². The first kappa shape index (κ1) is 28.3. The highest BCUT2D eigenvalue weighted by Gasteiger charge is 2.43. The van der Waals surface area contributed by atoms with E-state index in [0.29, 0.717) is 19.6 Å². The Morgan fingerprint density at radius 2 is 1.63 bits per heavy atom. The van der Waals surface area contributed by atoms with Gasteiger partial charge in [-0.25, -0.2) is 9.78 Å². The molecule has 0 saturated carbocycles. The Hall–Kier alpha value is -4.20. The first-order chi connectivity index (χ1) is 19.8. The fourth-order valence-electron chi connectivity index (χ4n) is 5.18. The van der Waals surface area contributed by atoms with E-state index >= 15 is 0 Å². The van der Waals surface area contributed by atoms with E-state index in [2.05, 4.69) is 46.9 Å². The molecule has 1 amide bonds. The number of amides is 1. The lowest BCUT2D eigenvalue weighted by Crippen LogP contribution is -2.43. The normalized spacial score (nSPS) is 16.9. The zero-order chi connectivity index (χ0) is 28.8. The van der Waals surface area contributed by atoms with Crippen molar-refractivity contribution in [3.8, 4) is 11.3 Å². The molecule has 0 radical (unpaired) electrons. The number of carbonyl (C=O) groups excluding carboxylic acids is 1. The lowest BCUT2D eigenvalue weighted by Gasteiger charge is -2.29. The van der Waals surface area contributed by atoms with Crippen molar-refractivity contribution in [2.45, 2.75) is 51.8 Å². The van der Waals surface area contributed by atoms with Crippen molar-refractivity contribution in [2.75, 3.05) is 13.1 Å². The SMILES string of the molecule is C=C(C)[C@@H](NC[C@@H]1CN(C(=O)OCc2ccccc2)C(C)(C)O1)c1nc(-c2ccccc2)cn1Cc1ccccc1. The maximum atomic E-state index is 13.0. The van der Waals surface area contributed by atoms with E-state index in [-0.39, 0.29) is 24.8 Å². The van der Waals surface area contributed by atoms with Crippen LogP contribution in [0.25, 0.3) is 11.3 Å². The predicted molar refractivity (Wildman–Crippen MR) is 161 cm³/mol. The predicted octanol–water partition coefficient (Wildman–Crippen LogP) is 6.58. The fraction of sp³-hybridized carbons (Fsp3) is 0.294. The van der Waals surface area contributed by atoms with Gasteiger partial charge in [0.2, 0.25) is 0 Å². The van der Waals surface area contributed by atoms with Crippen molar-refractivity contribution in [1.82, 2.24) is 19.8 Å². The number of benzene rings is 3. The summed E-state index contributed by atoms with van der Waals surface area (Å²) in [5.74, 6) is 0.886. The lowest BCUT2D eigenvalue weighted by atomic mass is 10.1. The zero-order valence-electron chi connectivity index (χ0n) is 24.0. The minimum atomic E-state index is -0.787. The number of rotatable bonds is 10. The molecule has 1 saturated heterocycles. The summed E-state index contributed by atoms with van der Waals surface area (Å²) < 4.78 is 14.1. The smallest absolute Gasteiger partial charge is 0.412 e. The van der Waals surface area contributed by atoms with Crippen LogP contribution in [0.2, 0.25) is 0 Å². The summed E-state index contributed by atoms with van der Waals surface area (Å²) in [4.78, 5) is 19.7. The van der Waals surface area contributed by atoms with Gasteiger partial charge in [0.05, 0.1) is 24.4 Å². The van der Waals surface area contributed by atoms with Gasteiger partial charge in [-0.15, -0.1) is 0 Å². The molecule has 212 valence electrons. The summed E-state index contributed by atoms with van der Waals surface area (Å²) in [7, 11) is 0. The third-order valence-electron chi connectivity index (χ3n) is 7.29. The van der Waals surface area contributed by atoms with Crippen LogP contribution in [0.4, 0.5) is 4.79 Å². The van der Waals surface area contributed by atoms with Crippen LogP contribution in [-0.2, 0) is 22.6 Å². The molecule has 3 aromatic carbocycles. The molecule has 2 atom stereocenters. The number of aromatic nitrogens is 2. The largest absolute Gasteiger partial charge is 0.444 e. The quantitative estimate of drug-likeness (QED) is 0.226. The van der Waals surface area contributed by atoms with Gasteiger partial charge in [-0.2, -0.15) is 0 Å². The van der Waals surface area contributed by atoms with Gasteiger partial charge in [-0.05, 0) is 31.9 Å². The van der Waals surface area contributed by atoms with E-state index in [1.807, 2.05) is 87.5 Å². The standard InChI is InChI=1S/C34H38N4O3/c1-25(2)31(32-36-30(28-18-12-7-13-19-28)23-37(32)21-26-14-8-5-9-15-26)35-20-29-22-38(34(3,4)41-29)33(39)40-24-27-16-10-6-11-17-27/h5-19,23,29,31,35H,1,20-22,24H2,2-4H3/t29-,31-/m1/s1. The summed E-state index contributed by atoms with van der Waals surface area (Å²) in [5, 5.41) is 3.64. The average molecular weight is 551 g/mol. The van der Waals surface area contributed by atoms with Gasteiger partial charge >= 0.3 is 6.09 Å². The van der Waals surface area contributed by atoms with Gasteiger partial charge in [0, 0.05) is 24.8 Å². The Balaban J connectivity index is 1.30. The fourth-order valence-corrected chi connectivity index (χ4v) is 5.18. The molecule has 5 rings (SSSR count). The van der Waals surface area contributed by atoms with Crippen LogP contribution in [0.15, 0.2) is 109 Å². The molecule has 1 aliphatic heterocycles. The number of nitrogens with zero attached hydrogens (tertiary/aromatic N) is 3. The Bertz CT molecular complexity index is 1450. The van der Waals surface area contributed by atoms with Crippen molar-refractivity contribution in [3.05, 3.63) is 126 Å². The van der Waals surface area contributed by atoms with Crippen molar-refractivity contribution in [1.29, 1.82) is 0 Å². The van der Waals surface area contributed by atoms with Crippen molar-refractivity contribution in [3.63, 3.8) is 0 Å². The number of imidazole rings is 1. The summed E-state index contributed by atoms with van der Waals surface area (Å²) in [6.45, 7) is 11.9. The molecule has 0 spiro atoms. The molecule has 1 aliphatic rings. The van der Waals surface area contributed by atoms with Crippen molar-refractivity contribution >= 4 is 6.09 Å². The third-order valence-corrected chi connectivity index (χ3v) is 7.29. The van der Waals surface area contributed by atoms with E-state index < -0.39 is 5.72 Å². The van der Waals surface area contributed by atoms with Crippen LogP contribution in [0.5, 0.6) is 0 Å². The molecule has 0 unspecified atom stereocenters. The second kappa shape index (κ2) is 12.5. The highest BCUT2D eigenvalue weighted by molar-refractivity contribution is 5.68. The second-order valence-corrected chi connectivity index (χ2v) is 11.0. The highest BCUT2D eigenvalue weighted by Crippen LogP contribution is 2.30. The van der Waals surface area contributed by atoms with Crippen molar-refractivity contribution < 1.29 is 14.3 Å². The van der Waals surface area contributed by atoms with E-state index in [1.54, 1.807) is 4.90 Å². The molecular formula is C34H38N4O3. The van der Waals surface area contributed by atoms with E-state index in [4.69, 9.17) is 14.5 Å². The third kappa shape index (κ3) is 6.93. The van der Waals surface area contributed by atoms with Gasteiger partial charge in [-0.3, -0.25) is 4.90 Å². The molecule has 41 heavy (non-hydrogen) atoms. The van der Waals surface area contributed by atoms with Gasteiger partial charge in [0.15, 0.2) is 0 Å². The maximum absolute atomic E-state index is 13.0. The summed E-state index contributed by atoms with van der Waals surface area (Å²) in [6, 6.07) is 30.0. The Morgan fingerprint density at radius 1 is 1.02 bits per heavy atom. The van der Waals surface area contributed by atoms with Crippen LogP contribution in [0.3, 0.4) is 0 Å². The average Bonchev–Trinajstić information content (AvgIpc) is 3.53. The Labute approximate surface area is 242 Å². The Kier molecular flexibility index (Phi) is 8.67. The molecule has 4 aromatic rings. The first-order valence-electron chi connectivity index (χ1n) is 14.0. The van der Waals surface area contributed by atoms with Gasteiger partial charge in [0.25, 0.3) is 0 Å². The van der Waals surface area contributed by atoms with Gasteiger partial charge in [0.1, 0.15) is 18.2 Å². The van der Waals surface area contributed by atoms with Crippen LogP contribution in [0, 0.1) is 0 Å². The number of ether oxygens (including phenoxy) is 2. The zero-order valence-corrected chi connectivity index (χ0v) is 24.0. The molecule has 1 fully saturated rings. The summed E-state index contributed by atoms with van der Waals surface area (Å²) >= 11 is 0. The maximum Gasteiger partial charge on any atom is 0.412 e. The molecule has 7 nitrogen and oxygen atoms in total. The summed E-state index contributed by atoms with van der Waals surface area (Å²) in [5.41, 5.74) is 4.27. The lowest BCUT2D eigenvalue weighted by molar-refractivity contribution is -0.0699. The van der Waals surface area contributed by atoms with Crippen LogP contribution in [0.1, 0.15) is 43.8 Å². The van der Waals surface area contributed by atoms with Gasteiger partial charge in [-0.1, -0.05) is 103 Å². The Morgan fingerprint density at radius 3 is 2.27 bits per heavy atom. The van der Waals surface area contributed by atoms with E-state index in [1.165, 1.54) is 5.56 Å². The van der Waals surface area contributed by atoms with Gasteiger partial charge < -0.3 is 19.4 Å². The monoisotopic (exact) mass is 550 g/mol. The highest BCUT2D eigenvalue weighted by atomic mass is 16.6. The minimum Gasteiger partial charge on any atom is -0.444 e. The van der Waals surface area contributed by atoms with E-state index in [0.717, 1.165) is 28.2 Å². The molecule has 0 aliphatic carbocycles. The second-order valence-electron chi connectivity index (χ2n) is 11.0. The van der Waals surface area contributed by atoms with Crippen LogP contribution < -0.4 is 5.32 Å². The van der Waals surface area contributed by atoms with Crippen LogP contribution >= 0.6 is 0 Å². The van der Waals surface area contributed by atoms with Crippen molar-refractivity contribution in [2.24, 2.45) is 0 Å². The number of hydrogen-bond donors (Lipinski definition) is 1. The summed E-state index contributed by atoms with van der Waals surface area (Å²) in [6.07, 6.45) is 1.50. The molecule has 2 heterocycles. The number of hydrogen-bond acceptors (Lipinski definition) is 5. The minimum absolute atomic E-state index is 0.207. The molecule has 1 aromatic heterocycles. The molecule has 7 heteroatoms. The molecular weight excluding hydrogens is 512 g/mol. The topological polar surface area (TPSA) is 68.6 Å². The first-order valence-corrected chi connectivity index (χ1v) is 14.0. The molecule has 1 N–H and O–H groups in total. The number of carbonyl (C=O) groups is 1. The molecule has 0 bridgehead atoms. The van der Waals surface area contributed by atoms with E-state index in [9.17, 15) is 4.79 Å². The number of nitrogens with one attached hydrogen (secondary N) is 1.